The maximum atomic E-state index is 13.9. The average Bonchev–Trinajstić information content (AvgIpc) is 2.36. The predicted molar refractivity (Wildman–Crippen MR) is 78.9 cm³/mol. The van der Waals surface area contributed by atoms with Gasteiger partial charge in [-0.1, -0.05) is 34.5 Å². The number of nitrogens with zero attached hydrogens (tertiary/aromatic N) is 1. The highest BCUT2D eigenvalue weighted by atomic mass is 79.9. The van der Waals surface area contributed by atoms with E-state index in [9.17, 15) is 4.39 Å². The second-order valence-electron chi connectivity index (χ2n) is 4.09. The quantitative estimate of drug-likeness (QED) is 0.893. The van der Waals surface area contributed by atoms with Crippen LogP contribution in [-0.2, 0) is 0 Å². The zero-order valence-corrected chi connectivity index (χ0v) is 12.7. The first-order chi connectivity index (χ1) is 9.11. The Hall–Kier alpha value is -0.970. The molecule has 0 spiro atoms. The molecule has 0 radical (unpaired) electrons. The molecule has 2 rings (SSSR count). The van der Waals surface area contributed by atoms with Crippen LogP contribution in [0.2, 0.25) is 5.02 Å². The zero-order valence-electron chi connectivity index (χ0n) is 10.3. The van der Waals surface area contributed by atoms with Crippen molar-refractivity contribution in [1.29, 1.82) is 0 Å². The summed E-state index contributed by atoms with van der Waals surface area (Å²) in [5.74, 6) is -0.329. The highest BCUT2D eigenvalue weighted by Gasteiger charge is 2.17. The van der Waals surface area contributed by atoms with Crippen LogP contribution in [0, 0.1) is 5.82 Å². The van der Waals surface area contributed by atoms with Crippen molar-refractivity contribution in [3.8, 4) is 0 Å². The fourth-order valence-electron chi connectivity index (χ4n) is 1.97. The molecule has 0 saturated carbocycles. The molecule has 1 aromatic heterocycles. The van der Waals surface area contributed by atoms with E-state index in [-0.39, 0.29) is 11.9 Å². The molecule has 100 valence electrons. The van der Waals surface area contributed by atoms with Gasteiger partial charge in [0.25, 0.3) is 0 Å². The summed E-state index contributed by atoms with van der Waals surface area (Å²) in [4.78, 5) is 3.78. The van der Waals surface area contributed by atoms with Gasteiger partial charge in [0.15, 0.2) is 0 Å². The molecule has 0 saturated heterocycles. The molecular weight excluding hydrogens is 331 g/mol. The van der Waals surface area contributed by atoms with E-state index in [0.29, 0.717) is 10.6 Å². The molecule has 0 fully saturated rings. The Kier molecular flexibility index (Phi) is 4.91. The first-order valence-corrected chi connectivity index (χ1v) is 7.07. The van der Waals surface area contributed by atoms with Gasteiger partial charge < -0.3 is 5.32 Å². The molecular formula is C14H13BrClFN2. The van der Waals surface area contributed by atoms with E-state index in [1.54, 1.807) is 18.3 Å². The first-order valence-electron chi connectivity index (χ1n) is 5.90. The molecule has 0 aliphatic carbocycles. The number of hydrogen-bond donors (Lipinski definition) is 1. The van der Waals surface area contributed by atoms with Gasteiger partial charge in [0, 0.05) is 21.3 Å². The summed E-state index contributed by atoms with van der Waals surface area (Å²) in [5.41, 5.74) is 1.47. The number of nitrogens with one attached hydrogen (secondary N) is 1. The molecule has 0 aliphatic rings. The molecule has 1 N–H and O–H groups in total. The Morgan fingerprint density at radius 2 is 2.21 bits per heavy atom. The molecule has 2 nitrogen and oxygen atoms in total. The van der Waals surface area contributed by atoms with Crippen molar-refractivity contribution in [2.45, 2.75) is 13.0 Å². The maximum Gasteiger partial charge on any atom is 0.146 e. The van der Waals surface area contributed by atoms with Crippen LogP contribution in [0.25, 0.3) is 0 Å². The van der Waals surface area contributed by atoms with Gasteiger partial charge in [-0.05, 0) is 36.4 Å². The van der Waals surface area contributed by atoms with Crippen molar-refractivity contribution in [2.24, 2.45) is 0 Å². The smallest absolute Gasteiger partial charge is 0.146 e. The molecule has 0 aliphatic heterocycles. The molecule has 1 atom stereocenters. The lowest BCUT2D eigenvalue weighted by Gasteiger charge is -2.20. The van der Waals surface area contributed by atoms with Crippen LogP contribution in [0.3, 0.4) is 0 Å². The van der Waals surface area contributed by atoms with Crippen molar-refractivity contribution in [2.75, 3.05) is 6.54 Å². The van der Waals surface area contributed by atoms with Crippen molar-refractivity contribution < 1.29 is 4.39 Å². The van der Waals surface area contributed by atoms with Gasteiger partial charge in [0.05, 0.1) is 12.2 Å². The number of pyridine rings is 1. The Labute approximate surface area is 125 Å². The lowest BCUT2D eigenvalue weighted by atomic mass is 9.99. The second-order valence-corrected chi connectivity index (χ2v) is 5.44. The maximum absolute atomic E-state index is 13.9. The van der Waals surface area contributed by atoms with Gasteiger partial charge in [0.2, 0.25) is 0 Å². The van der Waals surface area contributed by atoms with Gasteiger partial charge >= 0.3 is 0 Å². The van der Waals surface area contributed by atoms with Gasteiger partial charge in [-0.25, -0.2) is 4.39 Å². The van der Waals surface area contributed by atoms with Gasteiger partial charge in [0.1, 0.15) is 5.82 Å². The minimum Gasteiger partial charge on any atom is -0.306 e. The summed E-state index contributed by atoms with van der Waals surface area (Å²) in [5, 5.41) is 3.88. The average molecular weight is 344 g/mol. The van der Waals surface area contributed by atoms with Crippen LogP contribution in [0.1, 0.15) is 24.1 Å². The third-order valence-corrected chi connectivity index (χ3v) is 3.42. The topological polar surface area (TPSA) is 24.9 Å². The van der Waals surface area contributed by atoms with Crippen molar-refractivity contribution in [1.82, 2.24) is 10.3 Å². The van der Waals surface area contributed by atoms with Crippen LogP contribution in [0.5, 0.6) is 0 Å². The van der Waals surface area contributed by atoms with Crippen LogP contribution in [0.4, 0.5) is 4.39 Å². The molecule has 1 heterocycles. The number of benzene rings is 1. The van der Waals surface area contributed by atoms with Crippen molar-refractivity contribution in [3.63, 3.8) is 0 Å². The number of aromatic nitrogens is 1. The van der Waals surface area contributed by atoms with Gasteiger partial charge in [-0.3, -0.25) is 4.98 Å². The van der Waals surface area contributed by atoms with E-state index in [2.05, 4.69) is 26.2 Å². The fourth-order valence-corrected chi connectivity index (χ4v) is 2.86. The summed E-state index contributed by atoms with van der Waals surface area (Å²) < 4.78 is 14.8. The van der Waals surface area contributed by atoms with E-state index >= 15 is 0 Å². The van der Waals surface area contributed by atoms with Crippen LogP contribution in [-0.4, -0.2) is 11.5 Å². The zero-order chi connectivity index (χ0) is 13.8. The lowest BCUT2D eigenvalue weighted by molar-refractivity contribution is 0.554. The Bertz CT molecular complexity index is 557. The first kappa shape index (κ1) is 14.4. The summed E-state index contributed by atoms with van der Waals surface area (Å²) in [6.45, 7) is 2.70. The highest BCUT2D eigenvalue weighted by Crippen LogP contribution is 2.29. The van der Waals surface area contributed by atoms with Crippen LogP contribution >= 0.6 is 27.5 Å². The minimum absolute atomic E-state index is 0.247. The van der Waals surface area contributed by atoms with E-state index in [1.165, 1.54) is 6.20 Å². The van der Waals surface area contributed by atoms with E-state index in [4.69, 9.17) is 11.6 Å². The molecule has 19 heavy (non-hydrogen) atoms. The largest absolute Gasteiger partial charge is 0.306 e. The Morgan fingerprint density at radius 3 is 2.84 bits per heavy atom. The van der Waals surface area contributed by atoms with Gasteiger partial charge in [-0.15, -0.1) is 0 Å². The van der Waals surface area contributed by atoms with E-state index < -0.39 is 0 Å². The second kappa shape index (κ2) is 6.46. The fraction of sp³-hybridized carbons (Fsp3) is 0.214. The third kappa shape index (κ3) is 3.53. The molecule has 1 unspecified atom stereocenters. The molecule has 1 aromatic carbocycles. The third-order valence-electron chi connectivity index (χ3n) is 2.74. The van der Waals surface area contributed by atoms with Gasteiger partial charge in [-0.2, -0.15) is 0 Å². The number of rotatable bonds is 4. The Balaban J connectivity index is 2.48. The molecule has 0 bridgehead atoms. The number of halogens is 3. The standard InChI is InChI=1S/C14H13BrClFN2/c1-2-19-14(12-3-4-18-8-13(12)17)9-5-10(15)7-11(16)6-9/h3-8,14,19H,2H2,1H3. The SMILES string of the molecule is CCNC(c1cc(Cl)cc(Br)c1)c1ccncc1F. The minimum atomic E-state index is -0.329. The van der Waals surface area contributed by atoms with Crippen LogP contribution in [0.15, 0.2) is 41.1 Å². The predicted octanol–water partition coefficient (Wildman–Crippen LogP) is 4.34. The highest BCUT2D eigenvalue weighted by molar-refractivity contribution is 9.10. The molecule has 0 amide bonds. The normalized spacial score (nSPS) is 12.4. The number of hydrogen-bond acceptors (Lipinski definition) is 2. The summed E-state index contributed by atoms with van der Waals surface area (Å²) in [6.07, 6.45) is 2.81. The molecule has 2 aromatic rings. The lowest BCUT2D eigenvalue weighted by Crippen LogP contribution is -2.23. The van der Waals surface area contributed by atoms with E-state index in [0.717, 1.165) is 16.6 Å². The van der Waals surface area contributed by atoms with Crippen molar-refractivity contribution in [3.05, 3.63) is 63.1 Å². The van der Waals surface area contributed by atoms with Crippen LogP contribution < -0.4 is 5.32 Å². The summed E-state index contributed by atoms with van der Waals surface area (Å²) in [7, 11) is 0. The monoisotopic (exact) mass is 342 g/mol. The summed E-state index contributed by atoms with van der Waals surface area (Å²) >= 11 is 9.46. The summed E-state index contributed by atoms with van der Waals surface area (Å²) in [6, 6.07) is 7.00. The van der Waals surface area contributed by atoms with E-state index in [1.807, 2.05) is 19.1 Å². The molecule has 5 heteroatoms. The van der Waals surface area contributed by atoms with Crippen molar-refractivity contribution >= 4 is 27.5 Å². The Morgan fingerprint density at radius 1 is 1.42 bits per heavy atom.